The maximum absolute atomic E-state index is 12.5. The second kappa shape index (κ2) is 8.81. The van der Waals surface area contributed by atoms with Gasteiger partial charge in [0.2, 0.25) is 5.82 Å². The van der Waals surface area contributed by atoms with Crippen molar-refractivity contribution < 1.29 is 14.1 Å². The molecule has 0 aliphatic rings. The molecule has 0 radical (unpaired) electrons. The Morgan fingerprint density at radius 2 is 1.93 bits per heavy atom. The number of aromatic nitrogens is 3. The third-order valence-corrected chi connectivity index (χ3v) is 5.54. The lowest BCUT2D eigenvalue weighted by Gasteiger charge is -2.07. The highest BCUT2D eigenvalue weighted by molar-refractivity contribution is 7.98. The molecule has 0 saturated heterocycles. The van der Waals surface area contributed by atoms with Crippen LogP contribution in [-0.4, -0.2) is 21.1 Å². The Bertz CT molecular complexity index is 1050. The highest BCUT2D eigenvalue weighted by Crippen LogP contribution is 2.27. The summed E-state index contributed by atoms with van der Waals surface area (Å²) in [4.78, 5) is 21.9. The summed E-state index contributed by atoms with van der Waals surface area (Å²) in [6, 6.07) is 16.8. The number of benzene rings is 2. The number of carbonyl (C=O) groups excluding carboxylic acids is 1. The number of hydrogen-bond donors (Lipinski definition) is 0. The van der Waals surface area contributed by atoms with Crippen LogP contribution in [0.4, 0.5) is 0 Å². The molecule has 0 spiro atoms. The summed E-state index contributed by atoms with van der Waals surface area (Å²) in [5, 5.41) is 5.92. The van der Waals surface area contributed by atoms with Crippen LogP contribution in [0, 0.1) is 0 Å². The molecule has 140 valence electrons. The molecule has 0 aliphatic carbocycles. The first-order valence-electron chi connectivity index (χ1n) is 8.43. The highest BCUT2D eigenvalue weighted by atomic mass is 32.2. The van der Waals surface area contributed by atoms with Crippen LogP contribution in [0.2, 0.25) is 0 Å². The molecule has 0 fully saturated rings. The van der Waals surface area contributed by atoms with E-state index < -0.39 is 5.97 Å². The third-order valence-electron chi connectivity index (χ3n) is 3.79. The molecule has 4 aromatic rings. The average Bonchev–Trinajstić information content (AvgIpc) is 3.43. The Kier molecular flexibility index (Phi) is 5.79. The monoisotopic (exact) mass is 409 g/mol. The zero-order valence-electron chi connectivity index (χ0n) is 14.6. The molecule has 6 nitrogen and oxygen atoms in total. The van der Waals surface area contributed by atoms with Gasteiger partial charge in [-0.05, 0) is 12.1 Å². The van der Waals surface area contributed by atoms with Gasteiger partial charge in [-0.2, -0.15) is 4.98 Å². The molecule has 2 aromatic carbocycles. The summed E-state index contributed by atoms with van der Waals surface area (Å²) in [5.74, 6) is 0.976. The summed E-state index contributed by atoms with van der Waals surface area (Å²) >= 11 is 3.10. The first-order chi connectivity index (χ1) is 13.8. The topological polar surface area (TPSA) is 78.1 Å². The minimum atomic E-state index is -0.430. The van der Waals surface area contributed by atoms with Gasteiger partial charge in [0, 0.05) is 21.6 Å². The van der Waals surface area contributed by atoms with Gasteiger partial charge in [0.25, 0.3) is 5.89 Å². The second-order valence-corrected chi connectivity index (χ2v) is 7.45. The first kappa shape index (κ1) is 18.4. The minimum absolute atomic E-state index is 0.0796. The van der Waals surface area contributed by atoms with Crippen molar-refractivity contribution in [3.05, 3.63) is 82.6 Å². The normalized spacial score (nSPS) is 10.7. The Morgan fingerprint density at radius 3 is 2.75 bits per heavy atom. The fourth-order valence-electron chi connectivity index (χ4n) is 2.44. The molecule has 28 heavy (non-hydrogen) atoms. The van der Waals surface area contributed by atoms with E-state index in [2.05, 4.69) is 15.1 Å². The minimum Gasteiger partial charge on any atom is -0.452 e. The molecule has 0 amide bonds. The van der Waals surface area contributed by atoms with Crippen LogP contribution >= 0.6 is 23.1 Å². The van der Waals surface area contributed by atoms with Gasteiger partial charge in [-0.3, -0.25) is 0 Å². The molecular weight excluding hydrogens is 394 g/mol. The van der Waals surface area contributed by atoms with Crippen molar-refractivity contribution in [2.75, 3.05) is 0 Å². The average molecular weight is 409 g/mol. The van der Waals surface area contributed by atoms with E-state index in [-0.39, 0.29) is 12.5 Å². The summed E-state index contributed by atoms with van der Waals surface area (Å²) in [6.45, 7) is -0.0796. The van der Waals surface area contributed by atoms with Crippen molar-refractivity contribution in [2.24, 2.45) is 0 Å². The van der Waals surface area contributed by atoms with E-state index in [4.69, 9.17) is 9.26 Å². The van der Waals surface area contributed by atoms with Gasteiger partial charge < -0.3 is 9.26 Å². The Balaban J connectivity index is 1.40. The van der Waals surface area contributed by atoms with E-state index in [1.54, 1.807) is 34.7 Å². The Morgan fingerprint density at radius 1 is 1.11 bits per heavy atom. The van der Waals surface area contributed by atoms with E-state index in [9.17, 15) is 4.79 Å². The second-order valence-electron chi connectivity index (χ2n) is 5.72. The zero-order chi connectivity index (χ0) is 19.2. The molecule has 8 heteroatoms. The van der Waals surface area contributed by atoms with Crippen molar-refractivity contribution in [1.29, 1.82) is 0 Å². The Hall–Kier alpha value is -2.97. The number of thioether (sulfide) groups is 1. The van der Waals surface area contributed by atoms with Crippen LogP contribution < -0.4 is 0 Å². The maximum Gasteiger partial charge on any atom is 0.339 e. The molecule has 0 aliphatic heterocycles. The number of rotatable bonds is 7. The van der Waals surface area contributed by atoms with Gasteiger partial charge in [0.15, 0.2) is 6.61 Å². The highest BCUT2D eigenvalue weighted by Gasteiger charge is 2.16. The summed E-state index contributed by atoms with van der Waals surface area (Å²) in [7, 11) is 0. The number of nitrogens with zero attached hydrogens (tertiary/aromatic N) is 3. The van der Waals surface area contributed by atoms with E-state index >= 15 is 0 Å². The first-order valence-corrected chi connectivity index (χ1v) is 10.4. The van der Waals surface area contributed by atoms with Crippen molar-refractivity contribution >= 4 is 29.1 Å². The van der Waals surface area contributed by atoms with Gasteiger partial charge in [-0.1, -0.05) is 47.6 Å². The number of esters is 1. The van der Waals surface area contributed by atoms with Crippen molar-refractivity contribution in [3.8, 4) is 11.4 Å². The molecule has 0 bridgehead atoms. The largest absolute Gasteiger partial charge is 0.452 e. The molecule has 0 atom stereocenters. The van der Waals surface area contributed by atoms with Crippen molar-refractivity contribution in [3.63, 3.8) is 0 Å². The van der Waals surface area contributed by atoms with Crippen LogP contribution in [0.3, 0.4) is 0 Å². The molecule has 2 aromatic heterocycles. The van der Waals surface area contributed by atoms with Crippen molar-refractivity contribution in [2.45, 2.75) is 17.3 Å². The SMILES string of the molecule is O=C(OCc1nc(-c2ccccc2)no1)c1ccccc1SCc1cscn1. The smallest absolute Gasteiger partial charge is 0.339 e. The quantitative estimate of drug-likeness (QED) is 0.319. The predicted octanol–water partition coefficient (Wildman–Crippen LogP) is 4.84. The van der Waals surface area contributed by atoms with E-state index in [0.717, 1.165) is 16.2 Å². The number of thiazole rings is 1. The predicted molar refractivity (Wildman–Crippen MR) is 107 cm³/mol. The van der Waals surface area contributed by atoms with Gasteiger partial charge in [0.1, 0.15) is 0 Å². The lowest BCUT2D eigenvalue weighted by atomic mass is 10.2. The van der Waals surface area contributed by atoms with Crippen LogP contribution in [0.5, 0.6) is 0 Å². The summed E-state index contributed by atoms with van der Waals surface area (Å²) in [5.41, 5.74) is 4.13. The molecule has 0 N–H and O–H groups in total. The molecule has 4 rings (SSSR count). The third kappa shape index (κ3) is 4.47. The molecule has 0 saturated carbocycles. The lowest BCUT2D eigenvalue weighted by molar-refractivity contribution is 0.0425. The number of ether oxygens (including phenoxy) is 1. The number of carbonyl (C=O) groups is 1. The fraction of sp³-hybridized carbons (Fsp3) is 0.100. The van der Waals surface area contributed by atoms with Gasteiger partial charge in [0.05, 0.1) is 16.8 Å². The fourth-order valence-corrected chi connectivity index (χ4v) is 4.05. The standard InChI is InChI=1S/C20H15N3O3S2/c24-20(16-8-4-5-9-17(16)28-12-15-11-27-13-21-15)25-10-18-22-19(23-26-18)14-6-2-1-3-7-14/h1-9,11,13H,10,12H2. The van der Waals surface area contributed by atoms with Gasteiger partial charge >= 0.3 is 5.97 Å². The van der Waals surface area contributed by atoms with Gasteiger partial charge in [-0.25, -0.2) is 9.78 Å². The Labute approximate surface area is 169 Å². The van der Waals surface area contributed by atoms with Crippen LogP contribution in [0.15, 0.2) is 74.9 Å². The van der Waals surface area contributed by atoms with Crippen molar-refractivity contribution in [1.82, 2.24) is 15.1 Å². The van der Waals surface area contributed by atoms with E-state index in [1.165, 1.54) is 0 Å². The summed E-state index contributed by atoms with van der Waals surface area (Å²) < 4.78 is 10.6. The molecule has 0 unspecified atom stereocenters. The summed E-state index contributed by atoms with van der Waals surface area (Å²) in [6.07, 6.45) is 0. The maximum atomic E-state index is 12.5. The molecule has 2 heterocycles. The molecular formula is C20H15N3O3S2. The zero-order valence-corrected chi connectivity index (χ0v) is 16.3. The van der Waals surface area contributed by atoms with Crippen LogP contribution in [0.1, 0.15) is 21.9 Å². The van der Waals surface area contributed by atoms with Crippen LogP contribution in [0.25, 0.3) is 11.4 Å². The van der Waals surface area contributed by atoms with Gasteiger partial charge in [-0.15, -0.1) is 23.1 Å². The van der Waals surface area contributed by atoms with E-state index in [0.29, 0.717) is 17.1 Å². The van der Waals surface area contributed by atoms with E-state index in [1.807, 2.05) is 53.9 Å². The lowest BCUT2D eigenvalue weighted by Crippen LogP contribution is -2.07. The van der Waals surface area contributed by atoms with Crippen LogP contribution in [-0.2, 0) is 17.1 Å². The number of hydrogen-bond acceptors (Lipinski definition) is 8.